The smallest absolute Gasteiger partial charge is 0.211 e. The van der Waals surface area contributed by atoms with E-state index in [2.05, 4.69) is 20.7 Å². The number of alkyl halides is 1. The first-order valence-electron chi connectivity index (χ1n) is 5.91. The molecular formula is C12H16BrF2NO2S. The van der Waals surface area contributed by atoms with Crippen molar-refractivity contribution in [2.24, 2.45) is 5.92 Å². The Balaban J connectivity index is 2.83. The summed E-state index contributed by atoms with van der Waals surface area (Å²) in [6.07, 6.45) is 1.62. The van der Waals surface area contributed by atoms with E-state index in [1.165, 1.54) is 0 Å². The largest absolute Gasteiger partial charge is 0.243 e. The van der Waals surface area contributed by atoms with Gasteiger partial charge in [0.05, 0.1) is 0 Å². The summed E-state index contributed by atoms with van der Waals surface area (Å²) in [4.78, 5) is -0.652. The van der Waals surface area contributed by atoms with Crippen LogP contribution < -0.4 is 4.72 Å². The van der Waals surface area contributed by atoms with Crippen LogP contribution in [0.5, 0.6) is 0 Å². The van der Waals surface area contributed by atoms with Crippen molar-refractivity contribution in [3.63, 3.8) is 0 Å². The van der Waals surface area contributed by atoms with Gasteiger partial charge in [-0.3, -0.25) is 0 Å². The molecule has 0 fully saturated rings. The van der Waals surface area contributed by atoms with Gasteiger partial charge < -0.3 is 0 Å². The predicted octanol–water partition coefficient (Wildman–Crippen LogP) is 3.05. The molecule has 0 heterocycles. The minimum Gasteiger partial charge on any atom is -0.211 e. The van der Waals surface area contributed by atoms with Crippen LogP contribution in [0.3, 0.4) is 0 Å². The van der Waals surface area contributed by atoms with Crippen molar-refractivity contribution in [3.05, 3.63) is 29.8 Å². The fourth-order valence-electron chi connectivity index (χ4n) is 1.59. The first kappa shape index (κ1) is 16.5. The van der Waals surface area contributed by atoms with E-state index in [4.69, 9.17) is 0 Å². The van der Waals surface area contributed by atoms with Crippen LogP contribution >= 0.6 is 15.9 Å². The molecule has 7 heteroatoms. The summed E-state index contributed by atoms with van der Waals surface area (Å²) in [5.74, 6) is -1.58. The first-order chi connectivity index (χ1) is 8.90. The summed E-state index contributed by atoms with van der Waals surface area (Å²) >= 11 is 3.29. The van der Waals surface area contributed by atoms with Crippen LogP contribution in [0, 0.1) is 17.6 Å². The number of sulfonamides is 1. The van der Waals surface area contributed by atoms with Gasteiger partial charge in [-0.05, 0) is 30.5 Å². The molecule has 1 aromatic carbocycles. The van der Waals surface area contributed by atoms with Gasteiger partial charge in [0.1, 0.15) is 16.5 Å². The Bertz CT molecular complexity index is 522. The Morgan fingerprint density at radius 2 is 2.05 bits per heavy atom. The van der Waals surface area contributed by atoms with Crippen molar-refractivity contribution in [1.82, 2.24) is 4.72 Å². The van der Waals surface area contributed by atoms with Crippen molar-refractivity contribution in [3.8, 4) is 0 Å². The third kappa shape index (κ3) is 4.81. The second-order valence-corrected chi connectivity index (χ2v) is 6.71. The summed E-state index contributed by atoms with van der Waals surface area (Å²) in [6.45, 7) is 2.16. The molecule has 0 saturated carbocycles. The second-order valence-electron chi connectivity index (χ2n) is 4.18. The van der Waals surface area contributed by atoms with Gasteiger partial charge in [0, 0.05) is 11.9 Å². The molecule has 0 saturated heterocycles. The fourth-order valence-corrected chi connectivity index (χ4v) is 3.44. The van der Waals surface area contributed by atoms with Crippen molar-refractivity contribution in [2.75, 3.05) is 11.9 Å². The van der Waals surface area contributed by atoms with Gasteiger partial charge in [0.2, 0.25) is 10.0 Å². The number of halogens is 3. The lowest BCUT2D eigenvalue weighted by Crippen LogP contribution is -2.30. The Kier molecular flexibility index (Phi) is 6.35. The van der Waals surface area contributed by atoms with Crippen LogP contribution in [0.25, 0.3) is 0 Å². The monoisotopic (exact) mass is 355 g/mol. The summed E-state index contributed by atoms with van der Waals surface area (Å²) in [6, 6.07) is 2.37. The van der Waals surface area contributed by atoms with Gasteiger partial charge >= 0.3 is 0 Å². The van der Waals surface area contributed by atoms with Crippen molar-refractivity contribution in [2.45, 2.75) is 24.7 Å². The molecule has 0 amide bonds. The van der Waals surface area contributed by atoms with Gasteiger partial charge in [-0.25, -0.2) is 21.9 Å². The van der Waals surface area contributed by atoms with Crippen LogP contribution in [0.1, 0.15) is 19.8 Å². The summed E-state index contributed by atoms with van der Waals surface area (Å²) in [5.41, 5.74) is 0. The molecule has 0 radical (unpaired) electrons. The number of benzene rings is 1. The van der Waals surface area contributed by atoms with Crippen LogP contribution in [0.2, 0.25) is 0 Å². The third-order valence-electron chi connectivity index (χ3n) is 2.84. The molecule has 0 aliphatic heterocycles. The zero-order chi connectivity index (χ0) is 14.5. The molecule has 1 N–H and O–H groups in total. The Morgan fingerprint density at radius 1 is 1.37 bits per heavy atom. The number of nitrogens with one attached hydrogen (secondary N) is 1. The van der Waals surface area contributed by atoms with E-state index < -0.39 is 26.6 Å². The highest BCUT2D eigenvalue weighted by Crippen LogP contribution is 2.16. The minimum atomic E-state index is -4.02. The zero-order valence-electron chi connectivity index (χ0n) is 10.5. The quantitative estimate of drug-likeness (QED) is 0.764. The maximum Gasteiger partial charge on any atom is 0.243 e. The van der Waals surface area contributed by atoms with Gasteiger partial charge in [-0.1, -0.05) is 29.3 Å². The standard InChI is InChI=1S/C12H16BrF2NO2S/c1-2-9(5-6-13)8-16-19(17,18)12-7-10(14)3-4-11(12)15/h3-4,7,9,16H,2,5-6,8H2,1H3. The van der Waals surface area contributed by atoms with Gasteiger partial charge in [0.25, 0.3) is 0 Å². The van der Waals surface area contributed by atoms with Crippen LogP contribution in [0.4, 0.5) is 8.78 Å². The van der Waals surface area contributed by atoms with E-state index in [1.807, 2.05) is 6.92 Å². The Labute approximate surface area is 120 Å². The molecule has 0 aliphatic carbocycles. The lowest BCUT2D eigenvalue weighted by molar-refractivity contribution is 0.480. The molecule has 0 aliphatic rings. The Hall–Kier alpha value is -0.530. The third-order valence-corrected chi connectivity index (χ3v) is 4.74. The maximum absolute atomic E-state index is 13.4. The average molecular weight is 356 g/mol. The molecule has 0 spiro atoms. The van der Waals surface area contributed by atoms with Gasteiger partial charge in [0.15, 0.2) is 0 Å². The highest BCUT2D eigenvalue weighted by atomic mass is 79.9. The van der Waals surface area contributed by atoms with Crippen molar-refractivity contribution < 1.29 is 17.2 Å². The van der Waals surface area contributed by atoms with E-state index in [0.717, 1.165) is 30.3 Å². The summed E-state index contributed by atoms with van der Waals surface area (Å²) < 4.78 is 52.5. The van der Waals surface area contributed by atoms with Gasteiger partial charge in [-0.2, -0.15) is 0 Å². The van der Waals surface area contributed by atoms with E-state index in [1.54, 1.807) is 0 Å². The molecule has 0 aromatic heterocycles. The lowest BCUT2D eigenvalue weighted by atomic mass is 10.0. The molecule has 108 valence electrons. The minimum absolute atomic E-state index is 0.158. The normalized spacial score (nSPS) is 13.5. The topological polar surface area (TPSA) is 46.2 Å². The van der Waals surface area contributed by atoms with Crippen LogP contribution in [0.15, 0.2) is 23.1 Å². The summed E-state index contributed by atoms with van der Waals surface area (Å²) in [5, 5.41) is 0.765. The molecule has 3 nitrogen and oxygen atoms in total. The molecule has 1 aromatic rings. The lowest BCUT2D eigenvalue weighted by Gasteiger charge is -2.14. The highest BCUT2D eigenvalue weighted by Gasteiger charge is 2.20. The highest BCUT2D eigenvalue weighted by molar-refractivity contribution is 9.09. The molecule has 1 unspecified atom stereocenters. The zero-order valence-corrected chi connectivity index (χ0v) is 12.9. The average Bonchev–Trinajstić information content (AvgIpc) is 2.37. The van der Waals surface area contributed by atoms with E-state index in [9.17, 15) is 17.2 Å². The molecule has 1 atom stereocenters. The van der Waals surface area contributed by atoms with E-state index >= 15 is 0 Å². The SMILES string of the molecule is CCC(CCBr)CNS(=O)(=O)c1cc(F)ccc1F. The molecule has 1 rings (SSSR count). The predicted molar refractivity (Wildman–Crippen MR) is 73.7 cm³/mol. The van der Waals surface area contributed by atoms with Crippen LogP contribution in [-0.4, -0.2) is 20.3 Å². The number of rotatable bonds is 7. The number of hydrogen-bond acceptors (Lipinski definition) is 2. The molecule has 0 bridgehead atoms. The van der Waals surface area contributed by atoms with Crippen LogP contribution in [-0.2, 0) is 10.0 Å². The maximum atomic E-state index is 13.4. The molecular weight excluding hydrogens is 340 g/mol. The van der Waals surface area contributed by atoms with Gasteiger partial charge in [-0.15, -0.1) is 0 Å². The van der Waals surface area contributed by atoms with E-state index in [-0.39, 0.29) is 12.5 Å². The van der Waals surface area contributed by atoms with E-state index in [0.29, 0.717) is 6.07 Å². The first-order valence-corrected chi connectivity index (χ1v) is 8.51. The second kappa shape index (κ2) is 7.31. The molecule has 19 heavy (non-hydrogen) atoms. The van der Waals surface area contributed by atoms with Crippen molar-refractivity contribution in [1.29, 1.82) is 0 Å². The summed E-state index contributed by atoms with van der Waals surface area (Å²) in [7, 11) is -4.02. The Morgan fingerprint density at radius 3 is 2.63 bits per heavy atom. The number of hydrogen-bond donors (Lipinski definition) is 1. The fraction of sp³-hybridized carbons (Fsp3) is 0.500. The van der Waals surface area contributed by atoms with Crippen molar-refractivity contribution >= 4 is 26.0 Å².